The highest BCUT2D eigenvalue weighted by atomic mass is 14.5. The van der Waals surface area contributed by atoms with E-state index in [1.165, 1.54) is 11.1 Å². The van der Waals surface area contributed by atoms with Gasteiger partial charge < -0.3 is 5.73 Å². The molecule has 0 bridgehead atoms. The Kier molecular flexibility index (Phi) is 3.70. The Balaban J connectivity index is 3.12. The van der Waals surface area contributed by atoms with Crippen molar-refractivity contribution in [2.75, 3.05) is 6.54 Å². The van der Waals surface area contributed by atoms with Gasteiger partial charge in [-0.05, 0) is 35.1 Å². The van der Waals surface area contributed by atoms with E-state index in [4.69, 9.17) is 5.73 Å². The third kappa shape index (κ3) is 2.93. The predicted octanol–water partition coefficient (Wildman–Crippen LogP) is 3.35. The van der Waals surface area contributed by atoms with Gasteiger partial charge in [-0.15, -0.1) is 0 Å². The summed E-state index contributed by atoms with van der Waals surface area (Å²) in [7, 11) is 0. The molecule has 15 heavy (non-hydrogen) atoms. The van der Waals surface area contributed by atoms with Crippen LogP contribution in [-0.4, -0.2) is 6.54 Å². The molecular weight excluding hydrogens is 182 g/mol. The summed E-state index contributed by atoms with van der Waals surface area (Å²) < 4.78 is 0. The van der Waals surface area contributed by atoms with Gasteiger partial charge in [-0.25, -0.2) is 0 Å². The van der Waals surface area contributed by atoms with Crippen LogP contribution in [0.15, 0.2) is 30.8 Å². The van der Waals surface area contributed by atoms with Crippen molar-refractivity contribution in [3.63, 3.8) is 0 Å². The molecule has 0 spiro atoms. The van der Waals surface area contributed by atoms with Gasteiger partial charge in [0, 0.05) is 0 Å². The maximum Gasteiger partial charge on any atom is -0.00367 e. The normalized spacial score (nSPS) is 11.5. The quantitative estimate of drug-likeness (QED) is 0.801. The molecule has 0 aliphatic carbocycles. The van der Waals surface area contributed by atoms with E-state index in [1.807, 2.05) is 0 Å². The number of benzene rings is 1. The minimum Gasteiger partial charge on any atom is -0.330 e. The third-order valence-corrected chi connectivity index (χ3v) is 2.56. The lowest BCUT2D eigenvalue weighted by Gasteiger charge is -2.23. The number of rotatable bonds is 3. The summed E-state index contributed by atoms with van der Waals surface area (Å²) in [5.41, 5.74) is 9.48. The van der Waals surface area contributed by atoms with E-state index in [2.05, 4.69) is 51.6 Å². The second kappa shape index (κ2) is 4.63. The first-order valence-corrected chi connectivity index (χ1v) is 5.44. The van der Waals surface area contributed by atoms with Crippen molar-refractivity contribution in [3.8, 4) is 0 Å². The minimum atomic E-state index is 0.161. The molecule has 0 aliphatic heterocycles. The Morgan fingerprint density at radius 2 is 1.87 bits per heavy atom. The van der Waals surface area contributed by atoms with E-state index in [9.17, 15) is 0 Å². The van der Waals surface area contributed by atoms with Gasteiger partial charge in [0.25, 0.3) is 0 Å². The van der Waals surface area contributed by atoms with Crippen LogP contribution in [0.5, 0.6) is 0 Å². The molecule has 1 rings (SSSR count). The molecule has 0 unspecified atom stereocenters. The molecule has 0 radical (unpaired) electrons. The van der Waals surface area contributed by atoms with Gasteiger partial charge in [0.15, 0.2) is 0 Å². The zero-order valence-corrected chi connectivity index (χ0v) is 10.0. The Morgan fingerprint density at radius 3 is 2.40 bits per heavy atom. The van der Waals surface area contributed by atoms with Crippen LogP contribution < -0.4 is 5.73 Å². The van der Waals surface area contributed by atoms with Crippen molar-refractivity contribution >= 4 is 5.57 Å². The van der Waals surface area contributed by atoms with E-state index in [0.29, 0.717) is 6.54 Å². The van der Waals surface area contributed by atoms with Crippen molar-refractivity contribution in [3.05, 3.63) is 42.0 Å². The largest absolute Gasteiger partial charge is 0.330 e. The molecule has 2 N–H and O–H groups in total. The molecule has 0 aromatic heterocycles. The Bertz CT molecular complexity index is 345. The fourth-order valence-electron chi connectivity index (χ4n) is 1.75. The summed E-state index contributed by atoms with van der Waals surface area (Å²) in [5.74, 6) is 0. The predicted molar refractivity (Wildman–Crippen MR) is 67.8 cm³/mol. The van der Waals surface area contributed by atoms with Gasteiger partial charge in [-0.3, -0.25) is 0 Å². The first-order valence-electron chi connectivity index (χ1n) is 5.44. The second-order valence-electron chi connectivity index (χ2n) is 4.94. The Hall–Kier alpha value is -1.08. The topological polar surface area (TPSA) is 26.0 Å². The molecule has 0 aliphatic rings. The fraction of sp³-hybridized carbons (Fsp3) is 0.429. The molecule has 1 aromatic rings. The van der Waals surface area contributed by atoms with E-state index in [-0.39, 0.29) is 5.41 Å². The summed E-state index contributed by atoms with van der Waals surface area (Å²) in [5, 5.41) is 0. The smallest absolute Gasteiger partial charge is 0.00367 e. The first-order chi connectivity index (χ1) is 6.96. The maximum atomic E-state index is 5.57. The van der Waals surface area contributed by atoms with Crippen LogP contribution in [-0.2, 0) is 5.41 Å². The van der Waals surface area contributed by atoms with Crippen molar-refractivity contribution in [2.45, 2.75) is 32.6 Å². The van der Waals surface area contributed by atoms with Gasteiger partial charge in [0.2, 0.25) is 0 Å². The average molecular weight is 203 g/mol. The molecule has 1 nitrogen and oxygen atoms in total. The molecule has 82 valence electrons. The summed E-state index contributed by atoms with van der Waals surface area (Å²) in [6.45, 7) is 11.4. The Morgan fingerprint density at radius 1 is 1.27 bits per heavy atom. The maximum absolute atomic E-state index is 5.57. The van der Waals surface area contributed by atoms with Gasteiger partial charge in [-0.2, -0.15) is 0 Å². The SMILES string of the molecule is C=C(CCN)c1ccccc1C(C)(C)C. The van der Waals surface area contributed by atoms with Crippen LogP contribution in [0.4, 0.5) is 0 Å². The van der Waals surface area contributed by atoms with Crippen LogP contribution in [0.2, 0.25) is 0 Å². The number of hydrogen-bond donors (Lipinski definition) is 1. The van der Waals surface area contributed by atoms with Gasteiger partial charge in [0.05, 0.1) is 0 Å². The van der Waals surface area contributed by atoms with Crippen LogP contribution in [0, 0.1) is 0 Å². The molecule has 0 fully saturated rings. The van der Waals surface area contributed by atoms with E-state index >= 15 is 0 Å². The highest BCUT2D eigenvalue weighted by Crippen LogP contribution is 2.30. The molecule has 0 heterocycles. The highest BCUT2D eigenvalue weighted by Gasteiger charge is 2.17. The van der Waals surface area contributed by atoms with Crippen LogP contribution in [0.1, 0.15) is 38.3 Å². The summed E-state index contributed by atoms with van der Waals surface area (Å²) in [6.07, 6.45) is 0.868. The molecule has 0 atom stereocenters. The van der Waals surface area contributed by atoms with Crippen LogP contribution in [0.3, 0.4) is 0 Å². The number of nitrogens with two attached hydrogens (primary N) is 1. The minimum absolute atomic E-state index is 0.161. The van der Waals surface area contributed by atoms with Gasteiger partial charge in [-0.1, -0.05) is 51.6 Å². The lowest BCUT2D eigenvalue weighted by Crippen LogP contribution is -2.14. The summed E-state index contributed by atoms with van der Waals surface area (Å²) in [6, 6.07) is 8.46. The molecule has 0 amide bonds. The first kappa shape index (κ1) is 12.0. The Labute approximate surface area is 93.0 Å². The average Bonchev–Trinajstić information content (AvgIpc) is 2.17. The lowest BCUT2D eigenvalue weighted by atomic mass is 9.81. The monoisotopic (exact) mass is 203 g/mol. The molecule has 0 saturated carbocycles. The van der Waals surface area contributed by atoms with E-state index in [0.717, 1.165) is 12.0 Å². The van der Waals surface area contributed by atoms with Crippen molar-refractivity contribution in [1.82, 2.24) is 0 Å². The fourth-order valence-corrected chi connectivity index (χ4v) is 1.75. The standard InChI is InChI=1S/C14H21N/c1-11(9-10-15)12-7-5-6-8-13(12)14(2,3)4/h5-8H,1,9-10,15H2,2-4H3. The van der Waals surface area contributed by atoms with Gasteiger partial charge >= 0.3 is 0 Å². The van der Waals surface area contributed by atoms with Crippen LogP contribution in [0.25, 0.3) is 5.57 Å². The second-order valence-corrected chi connectivity index (χ2v) is 4.94. The lowest BCUT2D eigenvalue weighted by molar-refractivity contribution is 0.588. The van der Waals surface area contributed by atoms with Crippen LogP contribution >= 0.6 is 0 Å². The van der Waals surface area contributed by atoms with E-state index < -0.39 is 0 Å². The molecular formula is C14H21N. The summed E-state index contributed by atoms with van der Waals surface area (Å²) >= 11 is 0. The van der Waals surface area contributed by atoms with Crippen molar-refractivity contribution < 1.29 is 0 Å². The van der Waals surface area contributed by atoms with Gasteiger partial charge in [0.1, 0.15) is 0 Å². The highest BCUT2D eigenvalue weighted by molar-refractivity contribution is 5.67. The number of hydrogen-bond acceptors (Lipinski definition) is 1. The zero-order chi connectivity index (χ0) is 11.5. The van der Waals surface area contributed by atoms with E-state index in [1.54, 1.807) is 0 Å². The molecule has 0 saturated heterocycles. The van der Waals surface area contributed by atoms with Crippen molar-refractivity contribution in [1.29, 1.82) is 0 Å². The van der Waals surface area contributed by atoms with Crippen molar-refractivity contribution in [2.24, 2.45) is 5.73 Å². The summed E-state index contributed by atoms with van der Waals surface area (Å²) in [4.78, 5) is 0. The third-order valence-electron chi connectivity index (χ3n) is 2.56. The molecule has 1 heteroatoms. The molecule has 1 aromatic carbocycles. The zero-order valence-electron chi connectivity index (χ0n) is 10.0.